The van der Waals surface area contributed by atoms with Crippen LogP contribution in [0.5, 0.6) is 5.75 Å². The lowest BCUT2D eigenvalue weighted by atomic mass is 10.1. The van der Waals surface area contributed by atoms with Crippen molar-refractivity contribution in [3.8, 4) is 5.75 Å². The smallest absolute Gasteiger partial charge is 0.337 e. The van der Waals surface area contributed by atoms with E-state index in [0.29, 0.717) is 22.8 Å². The van der Waals surface area contributed by atoms with Gasteiger partial charge in [-0.15, -0.1) is 11.3 Å². The molecule has 0 saturated heterocycles. The van der Waals surface area contributed by atoms with Crippen LogP contribution >= 0.6 is 43.2 Å². The Morgan fingerprint density at radius 3 is 2.76 bits per heavy atom. The molecule has 0 fully saturated rings. The monoisotopic (exact) mass is 430 g/mol. The molecule has 0 bridgehead atoms. The molecule has 0 spiro atoms. The fourth-order valence-corrected chi connectivity index (χ4v) is 3.92. The van der Waals surface area contributed by atoms with E-state index in [0.717, 1.165) is 8.95 Å². The first-order valence-electron chi connectivity index (χ1n) is 6.13. The van der Waals surface area contributed by atoms with Crippen LogP contribution in [0.3, 0.4) is 0 Å². The van der Waals surface area contributed by atoms with Gasteiger partial charge in [-0.05, 0) is 52.5 Å². The van der Waals surface area contributed by atoms with E-state index in [1.54, 1.807) is 12.1 Å². The summed E-state index contributed by atoms with van der Waals surface area (Å²) in [5.41, 5.74) is 0.958. The van der Waals surface area contributed by atoms with Crippen LogP contribution in [-0.2, 0) is 4.79 Å². The second-order valence-corrected chi connectivity index (χ2v) is 6.80. The zero-order valence-corrected chi connectivity index (χ0v) is 15.1. The van der Waals surface area contributed by atoms with Crippen molar-refractivity contribution in [2.24, 2.45) is 0 Å². The second kappa shape index (κ2) is 7.24. The summed E-state index contributed by atoms with van der Waals surface area (Å²) in [5.74, 6) is -0.327. The average Bonchev–Trinajstić information content (AvgIpc) is 2.92. The molecule has 21 heavy (non-hydrogen) atoms. The molecule has 110 valence electrons. The summed E-state index contributed by atoms with van der Waals surface area (Å²) in [6.07, 6.45) is 1.63. The van der Waals surface area contributed by atoms with Gasteiger partial charge in [0.25, 0.3) is 0 Å². The minimum atomic E-state index is -0.962. The zero-order valence-electron chi connectivity index (χ0n) is 11.1. The lowest BCUT2D eigenvalue weighted by molar-refractivity contribution is -0.130. The number of carboxylic acids is 1. The molecule has 0 aliphatic rings. The van der Waals surface area contributed by atoms with Gasteiger partial charge in [0.05, 0.1) is 16.7 Å². The Kier molecular flexibility index (Phi) is 5.61. The van der Waals surface area contributed by atoms with E-state index in [-0.39, 0.29) is 5.57 Å². The molecule has 0 atom stereocenters. The molecule has 3 nitrogen and oxygen atoms in total. The van der Waals surface area contributed by atoms with Gasteiger partial charge in [-0.3, -0.25) is 0 Å². The Bertz CT molecular complexity index is 678. The maximum atomic E-state index is 11.5. The maximum Gasteiger partial charge on any atom is 0.337 e. The minimum absolute atomic E-state index is 0.246. The fraction of sp³-hybridized carbons (Fsp3) is 0.133. The van der Waals surface area contributed by atoms with Crippen molar-refractivity contribution < 1.29 is 14.6 Å². The molecule has 0 amide bonds. The van der Waals surface area contributed by atoms with Gasteiger partial charge in [0.15, 0.2) is 0 Å². The van der Waals surface area contributed by atoms with Crippen molar-refractivity contribution in [2.45, 2.75) is 6.92 Å². The number of hydrogen-bond acceptors (Lipinski definition) is 3. The minimum Gasteiger partial charge on any atom is -0.492 e. The van der Waals surface area contributed by atoms with Gasteiger partial charge in [0, 0.05) is 14.9 Å². The molecule has 1 heterocycles. The quantitative estimate of drug-likeness (QED) is 0.653. The van der Waals surface area contributed by atoms with E-state index in [9.17, 15) is 9.90 Å². The van der Waals surface area contributed by atoms with Crippen LogP contribution < -0.4 is 4.74 Å². The predicted octanol–water partition coefficient (Wildman–Crippen LogP) is 5.30. The Balaban J connectivity index is 2.58. The maximum absolute atomic E-state index is 11.5. The van der Waals surface area contributed by atoms with E-state index in [1.807, 2.05) is 30.5 Å². The highest BCUT2D eigenvalue weighted by Gasteiger charge is 2.15. The number of ether oxygens (including phenoxy) is 1. The first-order valence-corrected chi connectivity index (χ1v) is 8.60. The molecule has 1 aromatic heterocycles. The Hall–Kier alpha value is -1.11. The number of thiophene rings is 1. The third-order valence-electron chi connectivity index (χ3n) is 2.64. The molecule has 2 rings (SSSR count). The number of halogens is 2. The molecule has 6 heteroatoms. The van der Waals surface area contributed by atoms with Crippen molar-refractivity contribution in [3.05, 3.63) is 49.0 Å². The summed E-state index contributed by atoms with van der Waals surface area (Å²) in [6.45, 7) is 2.39. The third-order valence-corrected chi connectivity index (χ3v) is 4.59. The van der Waals surface area contributed by atoms with E-state index in [4.69, 9.17) is 4.74 Å². The van der Waals surface area contributed by atoms with Crippen LogP contribution in [0.4, 0.5) is 0 Å². The first kappa shape index (κ1) is 16.3. The summed E-state index contributed by atoms with van der Waals surface area (Å²) in [5, 5.41) is 11.3. The zero-order chi connectivity index (χ0) is 15.4. The Labute approximate surface area is 143 Å². The van der Waals surface area contributed by atoms with Crippen LogP contribution in [0.2, 0.25) is 0 Å². The van der Waals surface area contributed by atoms with Crippen molar-refractivity contribution in [2.75, 3.05) is 6.61 Å². The van der Waals surface area contributed by atoms with Crippen LogP contribution in [0.1, 0.15) is 17.4 Å². The highest BCUT2D eigenvalue weighted by molar-refractivity contribution is 9.11. The number of carboxylic acid groups (broad SMARTS) is 1. The van der Waals surface area contributed by atoms with Gasteiger partial charge in [0.2, 0.25) is 0 Å². The van der Waals surface area contributed by atoms with Crippen LogP contribution in [0.25, 0.3) is 11.6 Å². The van der Waals surface area contributed by atoms with Crippen LogP contribution in [0, 0.1) is 0 Å². The average molecular weight is 432 g/mol. The number of aliphatic carboxylic acids is 1. The SMILES string of the molecule is CCOc1c(Br)cc(Br)cc1/C=C(\C(=O)O)c1cccs1. The molecule has 0 radical (unpaired) electrons. The molecule has 0 unspecified atom stereocenters. The fourth-order valence-electron chi connectivity index (χ4n) is 1.81. The molecule has 1 N–H and O–H groups in total. The van der Waals surface area contributed by atoms with E-state index in [2.05, 4.69) is 31.9 Å². The number of hydrogen-bond donors (Lipinski definition) is 1. The normalized spacial score (nSPS) is 11.5. The summed E-state index contributed by atoms with van der Waals surface area (Å²) in [4.78, 5) is 12.2. The predicted molar refractivity (Wildman–Crippen MR) is 92.8 cm³/mol. The van der Waals surface area contributed by atoms with Crippen LogP contribution in [0.15, 0.2) is 38.6 Å². The van der Waals surface area contributed by atoms with E-state index >= 15 is 0 Å². The Morgan fingerprint density at radius 2 is 2.19 bits per heavy atom. The molecule has 0 aliphatic heterocycles. The van der Waals surface area contributed by atoms with Crippen molar-refractivity contribution in [3.63, 3.8) is 0 Å². The van der Waals surface area contributed by atoms with E-state index in [1.165, 1.54) is 11.3 Å². The number of benzene rings is 1. The topological polar surface area (TPSA) is 46.5 Å². The van der Waals surface area contributed by atoms with Crippen molar-refractivity contribution in [1.29, 1.82) is 0 Å². The van der Waals surface area contributed by atoms with E-state index < -0.39 is 5.97 Å². The van der Waals surface area contributed by atoms with Gasteiger partial charge in [-0.25, -0.2) is 4.79 Å². The molecular weight excluding hydrogens is 420 g/mol. The summed E-state index contributed by atoms with van der Waals surface area (Å²) >= 11 is 8.25. The van der Waals surface area contributed by atoms with Gasteiger partial charge in [0.1, 0.15) is 5.75 Å². The van der Waals surface area contributed by atoms with Gasteiger partial charge in [-0.1, -0.05) is 22.0 Å². The molecule has 1 aromatic carbocycles. The van der Waals surface area contributed by atoms with Gasteiger partial charge < -0.3 is 9.84 Å². The number of carbonyl (C=O) groups is 1. The third kappa shape index (κ3) is 3.96. The Morgan fingerprint density at radius 1 is 1.43 bits per heavy atom. The number of rotatable bonds is 5. The van der Waals surface area contributed by atoms with Gasteiger partial charge >= 0.3 is 5.97 Å². The van der Waals surface area contributed by atoms with Gasteiger partial charge in [-0.2, -0.15) is 0 Å². The second-order valence-electron chi connectivity index (χ2n) is 4.08. The highest BCUT2D eigenvalue weighted by Crippen LogP contribution is 2.35. The van der Waals surface area contributed by atoms with Crippen molar-refractivity contribution >= 4 is 60.8 Å². The summed E-state index contributed by atoms with van der Waals surface area (Å²) in [7, 11) is 0. The first-order chi connectivity index (χ1) is 10.0. The lowest BCUT2D eigenvalue weighted by Crippen LogP contribution is -2.00. The highest BCUT2D eigenvalue weighted by atomic mass is 79.9. The van der Waals surface area contributed by atoms with Crippen LogP contribution in [-0.4, -0.2) is 17.7 Å². The lowest BCUT2D eigenvalue weighted by Gasteiger charge is -2.11. The summed E-state index contributed by atoms with van der Waals surface area (Å²) in [6, 6.07) is 7.33. The van der Waals surface area contributed by atoms with Crippen molar-refractivity contribution in [1.82, 2.24) is 0 Å². The molecule has 2 aromatic rings. The largest absolute Gasteiger partial charge is 0.492 e. The summed E-state index contributed by atoms with van der Waals surface area (Å²) < 4.78 is 7.24. The molecule has 0 saturated carbocycles. The molecule has 0 aliphatic carbocycles. The standard InChI is InChI=1S/C15H12Br2O3S/c1-2-20-14-9(6-10(16)8-12(14)17)7-11(15(18)19)13-4-3-5-21-13/h3-8H,2H2,1H3,(H,18,19)/b11-7-. The molecular formula is C15H12Br2O3S.